The average molecular weight is 624 g/mol. The normalized spacial score (nSPS) is 12.6. The van der Waals surface area contributed by atoms with Crippen LogP contribution in [0, 0.1) is 0 Å². The van der Waals surface area contributed by atoms with E-state index >= 15 is 0 Å². The minimum Gasteiger partial charge on any atom is -0.508 e. The second kappa shape index (κ2) is 15.9. The number of rotatable bonds is 13. The first-order chi connectivity index (χ1) is 22.0. The molecule has 3 N–H and O–H groups in total. The van der Waals surface area contributed by atoms with Crippen LogP contribution in [0.4, 0.5) is 10.5 Å². The molecule has 8 heteroatoms. The number of nitrogens with zero attached hydrogens (tertiary/aromatic N) is 1. The van der Waals surface area contributed by atoms with Gasteiger partial charge in [-0.15, -0.1) is 0 Å². The Morgan fingerprint density at radius 2 is 1.50 bits per heavy atom. The molecule has 8 nitrogen and oxygen atoms in total. The maximum Gasteiger partial charge on any atom is 0.408 e. The monoisotopic (exact) mass is 623 g/mol. The van der Waals surface area contributed by atoms with E-state index in [0.29, 0.717) is 17.7 Å². The van der Waals surface area contributed by atoms with Crippen LogP contribution in [0.3, 0.4) is 0 Å². The van der Waals surface area contributed by atoms with Crippen LogP contribution < -0.4 is 10.6 Å². The lowest BCUT2D eigenvalue weighted by atomic mass is 9.99. The summed E-state index contributed by atoms with van der Waals surface area (Å²) in [4.78, 5) is 43.5. The van der Waals surface area contributed by atoms with E-state index in [1.807, 2.05) is 72.8 Å². The van der Waals surface area contributed by atoms with Crippen LogP contribution >= 0.6 is 0 Å². The molecule has 0 fully saturated rings. The van der Waals surface area contributed by atoms with Gasteiger partial charge in [-0.3, -0.25) is 9.59 Å². The van der Waals surface area contributed by atoms with Crippen LogP contribution in [0.1, 0.15) is 70.5 Å². The van der Waals surface area contributed by atoms with Crippen molar-refractivity contribution in [3.63, 3.8) is 0 Å². The maximum absolute atomic E-state index is 14.7. The van der Waals surface area contributed by atoms with Gasteiger partial charge in [0.15, 0.2) is 0 Å². The number of benzene rings is 4. The fraction of sp³-hybridized carbons (Fsp3) is 0.342. The molecule has 0 bridgehead atoms. The van der Waals surface area contributed by atoms with Crippen molar-refractivity contribution in [2.75, 3.05) is 11.9 Å². The Hall–Kier alpha value is -4.85. The van der Waals surface area contributed by atoms with E-state index in [1.165, 1.54) is 12.1 Å². The van der Waals surface area contributed by atoms with Crippen LogP contribution in [-0.4, -0.2) is 46.1 Å². The molecular weight excluding hydrogens is 578 g/mol. The number of ether oxygens (including phenoxy) is 1. The molecule has 4 aromatic carbocycles. The van der Waals surface area contributed by atoms with E-state index in [4.69, 9.17) is 4.74 Å². The van der Waals surface area contributed by atoms with Gasteiger partial charge in [-0.1, -0.05) is 99.0 Å². The molecule has 0 aromatic heterocycles. The molecule has 0 aliphatic heterocycles. The quantitative estimate of drug-likeness (QED) is 0.132. The van der Waals surface area contributed by atoms with Crippen molar-refractivity contribution >= 4 is 34.4 Å². The Bertz CT molecular complexity index is 1600. The zero-order valence-corrected chi connectivity index (χ0v) is 27.2. The molecule has 0 aliphatic carbocycles. The summed E-state index contributed by atoms with van der Waals surface area (Å²) in [5, 5.41) is 17.9. The van der Waals surface area contributed by atoms with Crippen LogP contribution in [-0.2, 0) is 20.7 Å². The number of phenolic OH excluding ortho intramolecular Hbond substituents is 1. The Morgan fingerprint density at radius 3 is 2.17 bits per heavy atom. The van der Waals surface area contributed by atoms with Crippen molar-refractivity contribution in [2.45, 2.75) is 77.5 Å². The lowest BCUT2D eigenvalue weighted by molar-refractivity contribution is -0.140. The number of alkyl carbamates (subject to hydrolysis) is 1. The number of carbonyl (C=O) groups is 3. The van der Waals surface area contributed by atoms with Gasteiger partial charge in [-0.25, -0.2) is 4.79 Å². The molecule has 0 spiro atoms. The van der Waals surface area contributed by atoms with Crippen LogP contribution in [0.25, 0.3) is 10.8 Å². The predicted molar refractivity (Wildman–Crippen MR) is 183 cm³/mol. The molecule has 2 atom stereocenters. The number of carbonyl (C=O) groups excluding carboxylic acids is 3. The number of hydrogen-bond acceptors (Lipinski definition) is 5. The molecule has 0 saturated carbocycles. The molecule has 0 aliphatic rings. The molecule has 3 amide bonds. The summed E-state index contributed by atoms with van der Waals surface area (Å²) < 4.78 is 5.54. The van der Waals surface area contributed by atoms with Crippen molar-refractivity contribution in [1.29, 1.82) is 0 Å². The zero-order valence-electron chi connectivity index (χ0n) is 27.2. The molecule has 242 valence electrons. The number of amides is 3. The highest BCUT2D eigenvalue weighted by Gasteiger charge is 2.36. The molecule has 4 rings (SSSR count). The fourth-order valence-electron chi connectivity index (χ4n) is 5.38. The molecular formula is C38H45N3O5. The number of anilines is 1. The summed E-state index contributed by atoms with van der Waals surface area (Å²) in [5.74, 6) is -0.759. The van der Waals surface area contributed by atoms with Gasteiger partial charge in [0, 0.05) is 18.7 Å². The second-order valence-electron chi connectivity index (χ2n) is 12.5. The third kappa shape index (κ3) is 9.83. The summed E-state index contributed by atoms with van der Waals surface area (Å²) in [6.45, 7) is 7.69. The summed E-state index contributed by atoms with van der Waals surface area (Å²) in [7, 11) is 0. The van der Waals surface area contributed by atoms with E-state index in [2.05, 4.69) is 17.6 Å². The molecule has 46 heavy (non-hydrogen) atoms. The van der Waals surface area contributed by atoms with Crippen molar-refractivity contribution in [3.8, 4) is 5.75 Å². The van der Waals surface area contributed by atoms with E-state index in [9.17, 15) is 19.5 Å². The Labute approximate surface area is 271 Å². The van der Waals surface area contributed by atoms with E-state index < -0.39 is 35.6 Å². The fourth-order valence-corrected chi connectivity index (χ4v) is 5.38. The number of phenols is 1. The molecule has 0 saturated heterocycles. The highest BCUT2D eigenvalue weighted by atomic mass is 16.6. The topological polar surface area (TPSA) is 108 Å². The lowest BCUT2D eigenvalue weighted by Gasteiger charge is -2.34. The van der Waals surface area contributed by atoms with E-state index in [1.54, 1.807) is 37.8 Å². The SMILES string of the molecule is CCCCCCN(C(=O)C(Cc1ccccc1)NC(=O)OC(C)(C)C)C(C(=O)Nc1ccc2ccccc2c1)c1ccc(O)cc1. The van der Waals surface area contributed by atoms with Gasteiger partial charge in [0.05, 0.1) is 0 Å². The first kappa shape index (κ1) is 34.0. The van der Waals surface area contributed by atoms with Crippen LogP contribution in [0.5, 0.6) is 5.75 Å². The van der Waals surface area contributed by atoms with Gasteiger partial charge in [0.25, 0.3) is 5.91 Å². The number of aromatic hydroxyl groups is 1. The van der Waals surface area contributed by atoms with Crippen molar-refractivity contribution in [1.82, 2.24) is 10.2 Å². The Balaban J connectivity index is 1.74. The highest BCUT2D eigenvalue weighted by Crippen LogP contribution is 2.28. The van der Waals surface area contributed by atoms with Crippen LogP contribution in [0.15, 0.2) is 97.1 Å². The van der Waals surface area contributed by atoms with Gasteiger partial charge in [-0.2, -0.15) is 0 Å². The van der Waals surface area contributed by atoms with Gasteiger partial charge in [0.1, 0.15) is 23.4 Å². The van der Waals surface area contributed by atoms with Gasteiger partial charge < -0.3 is 25.4 Å². The minimum atomic E-state index is -1.04. The van der Waals surface area contributed by atoms with Crippen molar-refractivity contribution < 1.29 is 24.2 Å². The van der Waals surface area contributed by atoms with Crippen molar-refractivity contribution in [2.24, 2.45) is 0 Å². The number of hydrogen-bond donors (Lipinski definition) is 3. The summed E-state index contributed by atoms with van der Waals surface area (Å²) in [5.41, 5.74) is 1.22. The standard InChI is InChI=1S/C38H45N3O5/c1-5-6-7-13-24-41(36(44)33(25-27-14-9-8-10-15-27)40-37(45)46-38(2,3)4)34(29-19-22-32(42)23-20-29)35(43)39-31-21-18-28-16-11-12-17-30(28)26-31/h8-12,14-23,26,33-34,42H,5-7,13,24-25H2,1-4H3,(H,39,43)(H,40,45). The Kier molecular flexibility index (Phi) is 11.8. The number of fused-ring (bicyclic) bond motifs is 1. The third-order valence-corrected chi connectivity index (χ3v) is 7.59. The first-order valence-electron chi connectivity index (χ1n) is 16.0. The minimum absolute atomic E-state index is 0.0480. The smallest absolute Gasteiger partial charge is 0.408 e. The summed E-state index contributed by atoms with van der Waals surface area (Å²) in [6.07, 6.45) is 3.03. The summed E-state index contributed by atoms with van der Waals surface area (Å²) in [6, 6.07) is 27.3. The number of unbranched alkanes of at least 4 members (excludes halogenated alkanes) is 3. The second-order valence-corrected chi connectivity index (χ2v) is 12.5. The van der Waals surface area contributed by atoms with Crippen molar-refractivity contribution in [3.05, 3.63) is 108 Å². The van der Waals surface area contributed by atoms with E-state index in [-0.39, 0.29) is 18.7 Å². The molecule has 2 unspecified atom stereocenters. The highest BCUT2D eigenvalue weighted by molar-refractivity contribution is 6.00. The van der Waals surface area contributed by atoms with Gasteiger partial charge >= 0.3 is 6.09 Å². The summed E-state index contributed by atoms with van der Waals surface area (Å²) >= 11 is 0. The molecule has 0 radical (unpaired) electrons. The lowest BCUT2D eigenvalue weighted by Crippen LogP contribution is -2.53. The molecule has 0 heterocycles. The largest absolute Gasteiger partial charge is 0.508 e. The van der Waals surface area contributed by atoms with E-state index in [0.717, 1.165) is 35.6 Å². The Morgan fingerprint density at radius 1 is 0.826 bits per heavy atom. The third-order valence-electron chi connectivity index (χ3n) is 7.59. The van der Waals surface area contributed by atoms with Crippen LogP contribution in [0.2, 0.25) is 0 Å². The zero-order chi connectivity index (χ0) is 33.1. The first-order valence-corrected chi connectivity index (χ1v) is 16.0. The molecule has 4 aromatic rings. The number of nitrogens with one attached hydrogen (secondary N) is 2. The average Bonchev–Trinajstić information content (AvgIpc) is 3.02. The maximum atomic E-state index is 14.7. The predicted octanol–water partition coefficient (Wildman–Crippen LogP) is 7.77. The van der Waals surface area contributed by atoms with Gasteiger partial charge in [-0.05, 0) is 73.4 Å². The van der Waals surface area contributed by atoms with Gasteiger partial charge in [0.2, 0.25) is 5.91 Å².